The topological polar surface area (TPSA) is 33.3 Å². The molecule has 0 amide bonds. The van der Waals surface area contributed by atoms with Gasteiger partial charge < -0.3 is 17.6 Å². The molecule has 0 spiro atoms. The molecule has 0 fully saturated rings. The smallest absolute Gasteiger partial charge is 0.237 e. The fourth-order valence-corrected chi connectivity index (χ4v) is 2.86. The van der Waals surface area contributed by atoms with Crippen LogP contribution < -0.4 is 4.57 Å². The highest BCUT2D eigenvalue weighted by Gasteiger charge is 2.28. The summed E-state index contributed by atoms with van der Waals surface area (Å²) in [5.41, 5.74) is 1.48. The first-order chi connectivity index (χ1) is 10.9. The Labute approximate surface area is 151 Å². The van der Waals surface area contributed by atoms with Crippen LogP contribution in [0.25, 0.3) is 0 Å². The Morgan fingerprint density at radius 1 is 1.30 bits per heavy atom. The summed E-state index contributed by atoms with van der Waals surface area (Å²) in [4.78, 5) is 17.2. The molecule has 3 nitrogen and oxygen atoms in total. The van der Waals surface area contributed by atoms with Gasteiger partial charge in [-0.15, -0.1) is 0 Å². The SMILES string of the molecule is CCN=C([S-])C(C(=O)c1ccc(Cl)c(Cl)c1)[n+]1cccc(C)c1. The predicted octanol–water partition coefficient (Wildman–Crippen LogP) is 3.98. The molecule has 0 N–H and O–H groups in total. The highest BCUT2D eigenvalue weighted by molar-refractivity contribution is 7.77. The molecule has 120 valence electrons. The first-order valence-corrected chi connectivity index (χ1v) is 8.28. The zero-order valence-corrected chi connectivity index (χ0v) is 15.1. The number of rotatable bonds is 5. The minimum Gasteiger partial charge on any atom is -0.758 e. The molecule has 0 bridgehead atoms. The highest BCUT2D eigenvalue weighted by atomic mass is 35.5. The van der Waals surface area contributed by atoms with Crippen LogP contribution in [0.1, 0.15) is 28.9 Å². The van der Waals surface area contributed by atoms with Crippen LogP contribution in [0, 0.1) is 6.92 Å². The van der Waals surface area contributed by atoms with E-state index in [2.05, 4.69) is 4.99 Å². The number of hydrogen-bond acceptors (Lipinski definition) is 3. The van der Waals surface area contributed by atoms with Crippen LogP contribution in [0.3, 0.4) is 0 Å². The van der Waals surface area contributed by atoms with Gasteiger partial charge in [-0.2, -0.15) is 4.57 Å². The second kappa shape index (κ2) is 7.86. The number of aromatic nitrogens is 1. The maximum absolute atomic E-state index is 13.0. The Morgan fingerprint density at radius 3 is 2.65 bits per heavy atom. The van der Waals surface area contributed by atoms with Gasteiger partial charge in [-0.05, 0) is 43.2 Å². The molecule has 0 aliphatic heterocycles. The molecule has 6 heteroatoms. The zero-order chi connectivity index (χ0) is 17.0. The Balaban J connectivity index is 2.50. The fourth-order valence-electron chi connectivity index (χ4n) is 2.20. The van der Waals surface area contributed by atoms with E-state index in [1.165, 1.54) is 0 Å². The molecule has 1 aromatic heterocycles. The van der Waals surface area contributed by atoms with Crippen LogP contribution in [-0.4, -0.2) is 17.4 Å². The van der Waals surface area contributed by atoms with Gasteiger partial charge in [-0.25, -0.2) is 0 Å². The van der Waals surface area contributed by atoms with E-state index in [9.17, 15) is 4.79 Å². The maximum Gasteiger partial charge on any atom is 0.237 e. The normalized spacial score (nSPS) is 13.0. The Kier molecular flexibility index (Phi) is 6.10. The van der Waals surface area contributed by atoms with Gasteiger partial charge in [-0.3, -0.25) is 4.79 Å². The number of carbonyl (C=O) groups excluding carboxylic acids is 1. The summed E-state index contributed by atoms with van der Waals surface area (Å²) >= 11 is 17.3. The van der Waals surface area contributed by atoms with Crippen molar-refractivity contribution in [3.8, 4) is 0 Å². The van der Waals surface area contributed by atoms with Gasteiger partial charge >= 0.3 is 0 Å². The molecule has 0 aliphatic carbocycles. The lowest BCUT2D eigenvalue weighted by Crippen LogP contribution is -2.48. The second-order valence-electron chi connectivity index (χ2n) is 5.04. The third-order valence-electron chi connectivity index (χ3n) is 3.27. The summed E-state index contributed by atoms with van der Waals surface area (Å²) in [7, 11) is 0. The number of nitrogens with zero attached hydrogens (tertiary/aromatic N) is 2. The number of benzene rings is 1. The molecule has 0 saturated carbocycles. The lowest BCUT2D eigenvalue weighted by atomic mass is 10.0. The average Bonchev–Trinajstić information content (AvgIpc) is 2.50. The van der Waals surface area contributed by atoms with E-state index < -0.39 is 6.04 Å². The lowest BCUT2D eigenvalue weighted by Gasteiger charge is -2.18. The van der Waals surface area contributed by atoms with E-state index in [-0.39, 0.29) is 5.78 Å². The summed E-state index contributed by atoms with van der Waals surface area (Å²) < 4.78 is 1.78. The summed E-state index contributed by atoms with van der Waals surface area (Å²) in [5.74, 6) is -0.165. The molecular weight excluding hydrogens is 351 g/mol. The Bertz CT molecular complexity index is 762. The van der Waals surface area contributed by atoms with Crippen molar-refractivity contribution in [1.29, 1.82) is 0 Å². The third-order valence-corrected chi connectivity index (χ3v) is 4.36. The number of hydrogen-bond donors (Lipinski definition) is 0. The fraction of sp³-hybridized carbons (Fsp3) is 0.235. The molecule has 0 aliphatic rings. The molecular formula is C17H16Cl2N2OS. The first-order valence-electron chi connectivity index (χ1n) is 7.12. The van der Waals surface area contributed by atoms with Crippen molar-refractivity contribution < 1.29 is 9.36 Å². The third kappa shape index (κ3) is 4.28. The van der Waals surface area contributed by atoms with Gasteiger partial charge in [0, 0.05) is 23.7 Å². The van der Waals surface area contributed by atoms with E-state index in [0.717, 1.165) is 5.56 Å². The molecule has 2 rings (SSSR count). The molecule has 2 aromatic rings. The van der Waals surface area contributed by atoms with Crippen molar-refractivity contribution in [2.45, 2.75) is 19.9 Å². The number of aliphatic imine (C=N–C) groups is 1. The van der Waals surface area contributed by atoms with Crippen molar-refractivity contribution in [3.63, 3.8) is 0 Å². The summed E-state index contributed by atoms with van der Waals surface area (Å²) in [6.45, 7) is 4.36. The van der Waals surface area contributed by atoms with E-state index in [4.69, 9.17) is 35.8 Å². The molecule has 23 heavy (non-hydrogen) atoms. The van der Waals surface area contributed by atoms with Crippen LogP contribution in [-0.2, 0) is 12.6 Å². The second-order valence-corrected chi connectivity index (χ2v) is 6.27. The Morgan fingerprint density at radius 2 is 2.04 bits per heavy atom. The van der Waals surface area contributed by atoms with E-state index in [0.29, 0.717) is 27.2 Å². The number of aryl methyl sites for hydroxylation is 1. The van der Waals surface area contributed by atoms with Crippen LogP contribution in [0.4, 0.5) is 0 Å². The number of pyridine rings is 1. The van der Waals surface area contributed by atoms with Crippen molar-refractivity contribution in [2.24, 2.45) is 4.99 Å². The molecule has 1 aromatic carbocycles. The molecule has 0 saturated heterocycles. The van der Waals surface area contributed by atoms with Crippen molar-refractivity contribution in [1.82, 2.24) is 0 Å². The summed E-state index contributed by atoms with van der Waals surface area (Å²) in [6, 6.07) is 7.96. The largest absolute Gasteiger partial charge is 0.758 e. The predicted molar refractivity (Wildman–Crippen MR) is 96.5 cm³/mol. The monoisotopic (exact) mass is 366 g/mol. The maximum atomic E-state index is 13.0. The van der Waals surface area contributed by atoms with Crippen LogP contribution in [0.2, 0.25) is 10.0 Å². The number of Topliss-reactive ketones (excluding diaryl/α,β-unsaturated/α-hetero) is 1. The van der Waals surface area contributed by atoms with E-state index in [1.807, 2.05) is 38.4 Å². The molecule has 0 radical (unpaired) electrons. The minimum atomic E-state index is -0.679. The van der Waals surface area contributed by atoms with Gasteiger partial charge in [0.15, 0.2) is 12.4 Å². The lowest BCUT2D eigenvalue weighted by molar-refractivity contribution is -0.692. The highest BCUT2D eigenvalue weighted by Crippen LogP contribution is 2.24. The average molecular weight is 367 g/mol. The standard InChI is InChI=1S/C17H16Cl2N2OS/c1-3-20-17(23)15(21-8-4-5-11(2)10-21)16(22)12-6-7-13(18)14(19)9-12/h4-10,15H,3H2,1-2H3. The van der Waals surface area contributed by atoms with Gasteiger partial charge in [0.25, 0.3) is 0 Å². The van der Waals surface area contributed by atoms with Gasteiger partial charge in [-0.1, -0.05) is 23.2 Å². The van der Waals surface area contributed by atoms with Gasteiger partial charge in [0.05, 0.1) is 10.0 Å². The zero-order valence-electron chi connectivity index (χ0n) is 12.8. The number of carbonyl (C=O) groups is 1. The summed E-state index contributed by atoms with van der Waals surface area (Å²) in [5, 5.41) is 1.09. The van der Waals surface area contributed by atoms with Crippen LogP contribution in [0.15, 0.2) is 47.7 Å². The minimum absolute atomic E-state index is 0.165. The molecule has 1 heterocycles. The van der Waals surface area contributed by atoms with Gasteiger partial charge in [0.1, 0.15) is 0 Å². The first kappa shape index (κ1) is 17.9. The summed E-state index contributed by atoms with van der Waals surface area (Å²) in [6.07, 6.45) is 3.68. The van der Waals surface area contributed by atoms with Crippen LogP contribution >= 0.6 is 23.2 Å². The van der Waals surface area contributed by atoms with Crippen molar-refractivity contribution >= 4 is 46.7 Å². The van der Waals surface area contributed by atoms with Crippen molar-refractivity contribution in [3.05, 3.63) is 63.9 Å². The van der Waals surface area contributed by atoms with E-state index >= 15 is 0 Å². The number of halogens is 2. The van der Waals surface area contributed by atoms with Gasteiger partial charge in [0.2, 0.25) is 11.8 Å². The molecule has 1 unspecified atom stereocenters. The van der Waals surface area contributed by atoms with Crippen molar-refractivity contribution in [2.75, 3.05) is 6.54 Å². The quantitative estimate of drug-likeness (QED) is 0.263. The molecule has 1 atom stereocenters. The number of ketones is 1. The van der Waals surface area contributed by atoms with E-state index in [1.54, 1.807) is 22.8 Å². The Hall–Kier alpha value is -1.49. The van der Waals surface area contributed by atoms with Crippen LogP contribution in [0.5, 0.6) is 0 Å².